The zero-order chi connectivity index (χ0) is 14.3. The van der Waals surface area contributed by atoms with Crippen molar-refractivity contribution >= 4 is 23.1 Å². The van der Waals surface area contributed by atoms with Crippen molar-refractivity contribution in [1.29, 1.82) is 0 Å². The van der Waals surface area contributed by atoms with E-state index in [1.807, 2.05) is 18.3 Å². The molecule has 1 aromatic heterocycles. The highest BCUT2D eigenvalue weighted by atomic mass is 35.5. The van der Waals surface area contributed by atoms with Gasteiger partial charge in [-0.2, -0.15) is 0 Å². The molecule has 0 atom stereocenters. The number of pyridine rings is 1. The smallest absolute Gasteiger partial charge is 0.136 e. The molecule has 3 heteroatoms. The Labute approximate surface area is 130 Å². The quantitative estimate of drug-likeness (QED) is 0.737. The molecule has 0 saturated heterocycles. The molecule has 0 radical (unpaired) electrons. The van der Waals surface area contributed by atoms with Gasteiger partial charge in [0.2, 0.25) is 0 Å². The van der Waals surface area contributed by atoms with Crippen LogP contribution < -0.4 is 4.90 Å². The Kier molecular flexibility index (Phi) is 3.15. The van der Waals surface area contributed by atoms with Crippen LogP contribution in [0.3, 0.4) is 0 Å². The van der Waals surface area contributed by atoms with Crippen LogP contribution in [0.25, 0.3) is 0 Å². The first kappa shape index (κ1) is 13.1. The summed E-state index contributed by atoms with van der Waals surface area (Å²) in [5.74, 6) is 1.12. The molecule has 108 valence electrons. The van der Waals surface area contributed by atoms with Crippen LogP contribution in [-0.2, 0) is 6.42 Å². The first-order valence-electron chi connectivity index (χ1n) is 7.73. The number of hydrogen-bond donors (Lipinski definition) is 0. The van der Waals surface area contributed by atoms with E-state index in [0.717, 1.165) is 17.4 Å². The van der Waals surface area contributed by atoms with Crippen molar-refractivity contribution in [3.05, 3.63) is 53.2 Å². The van der Waals surface area contributed by atoms with Crippen molar-refractivity contribution in [3.8, 4) is 0 Å². The van der Waals surface area contributed by atoms with Crippen molar-refractivity contribution < 1.29 is 0 Å². The highest BCUT2D eigenvalue weighted by molar-refractivity contribution is 6.30. The zero-order valence-corrected chi connectivity index (χ0v) is 12.8. The molecule has 4 rings (SSSR count). The van der Waals surface area contributed by atoms with Crippen molar-refractivity contribution in [2.75, 3.05) is 11.4 Å². The molecular formula is C18H19ClN2. The maximum Gasteiger partial charge on any atom is 0.136 e. The monoisotopic (exact) mass is 298 g/mol. The van der Waals surface area contributed by atoms with Crippen LogP contribution in [0.15, 0.2) is 42.6 Å². The van der Waals surface area contributed by atoms with E-state index in [1.54, 1.807) is 0 Å². The summed E-state index contributed by atoms with van der Waals surface area (Å²) in [4.78, 5) is 7.04. The van der Waals surface area contributed by atoms with Gasteiger partial charge >= 0.3 is 0 Å². The summed E-state index contributed by atoms with van der Waals surface area (Å²) in [6.07, 6.45) is 8.49. The standard InChI is InChI=1S/C18H19ClN2/c19-15-5-7-16(8-6-15)21-13-18(9-1-2-10-18)12-14-4-3-11-20-17(14)21/h3-8,11H,1-2,9-10,12-13H2. The van der Waals surface area contributed by atoms with E-state index < -0.39 is 0 Å². The second-order valence-corrected chi connectivity index (χ2v) is 6.87. The Morgan fingerprint density at radius 2 is 1.81 bits per heavy atom. The molecule has 1 spiro atoms. The number of hydrogen-bond acceptors (Lipinski definition) is 2. The lowest BCUT2D eigenvalue weighted by molar-refractivity contribution is 0.293. The van der Waals surface area contributed by atoms with Crippen LogP contribution in [0.4, 0.5) is 11.5 Å². The second-order valence-electron chi connectivity index (χ2n) is 6.43. The second kappa shape index (κ2) is 5.03. The van der Waals surface area contributed by atoms with Gasteiger partial charge in [-0.3, -0.25) is 0 Å². The summed E-state index contributed by atoms with van der Waals surface area (Å²) in [5, 5.41) is 0.785. The molecule has 2 nitrogen and oxygen atoms in total. The summed E-state index contributed by atoms with van der Waals surface area (Å²) in [5.41, 5.74) is 3.03. The van der Waals surface area contributed by atoms with Gasteiger partial charge in [0.25, 0.3) is 0 Å². The molecule has 1 fully saturated rings. The van der Waals surface area contributed by atoms with Crippen molar-refractivity contribution in [2.45, 2.75) is 32.1 Å². The first-order chi connectivity index (χ1) is 10.3. The SMILES string of the molecule is Clc1ccc(N2CC3(CCCC3)Cc3cccnc32)cc1. The molecule has 0 N–H and O–H groups in total. The van der Waals surface area contributed by atoms with Gasteiger partial charge < -0.3 is 4.90 Å². The first-order valence-corrected chi connectivity index (χ1v) is 8.11. The lowest BCUT2D eigenvalue weighted by atomic mass is 9.77. The molecular weight excluding hydrogens is 280 g/mol. The Balaban J connectivity index is 1.79. The fourth-order valence-electron chi connectivity index (χ4n) is 3.98. The molecule has 2 aliphatic rings. The minimum absolute atomic E-state index is 0.440. The third kappa shape index (κ3) is 2.32. The van der Waals surface area contributed by atoms with E-state index in [2.05, 4.69) is 34.1 Å². The molecule has 2 heterocycles. The van der Waals surface area contributed by atoms with Gasteiger partial charge in [0.15, 0.2) is 0 Å². The number of nitrogens with zero attached hydrogens (tertiary/aromatic N) is 2. The number of halogens is 1. The van der Waals surface area contributed by atoms with Gasteiger partial charge in [0, 0.05) is 23.5 Å². The molecule has 0 unspecified atom stereocenters. The average molecular weight is 299 g/mol. The number of aromatic nitrogens is 1. The van der Waals surface area contributed by atoms with Crippen molar-refractivity contribution in [3.63, 3.8) is 0 Å². The van der Waals surface area contributed by atoms with Gasteiger partial charge in [0.1, 0.15) is 5.82 Å². The minimum Gasteiger partial charge on any atom is -0.326 e. The molecule has 1 saturated carbocycles. The average Bonchev–Trinajstić information content (AvgIpc) is 2.95. The predicted octanol–water partition coefficient (Wildman–Crippen LogP) is 4.99. The zero-order valence-electron chi connectivity index (χ0n) is 12.1. The summed E-state index contributed by atoms with van der Waals surface area (Å²) >= 11 is 6.04. The Bertz CT molecular complexity index is 645. The summed E-state index contributed by atoms with van der Waals surface area (Å²) < 4.78 is 0. The molecule has 1 aliphatic heterocycles. The van der Waals surface area contributed by atoms with Crippen LogP contribution in [-0.4, -0.2) is 11.5 Å². The topological polar surface area (TPSA) is 16.1 Å². The minimum atomic E-state index is 0.440. The van der Waals surface area contributed by atoms with Gasteiger partial charge in [-0.15, -0.1) is 0 Å². The third-order valence-corrected chi connectivity index (χ3v) is 5.24. The van der Waals surface area contributed by atoms with E-state index in [0.29, 0.717) is 5.41 Å². The van der Waals surface area contributed by atoms with E-state index in [-0.39, 0.29) is 0 Å². The van der Waals surface area contributed by atoms with Crippen LogP contribution >= 0.6 is 11.6 Å². The lowest BCUT2D eigenvalue weighted by Gasteiger charge is -2.42. The summed E-state index contributed by atoms with van der Waals surface area (Å²) in [6, 6.07) is 12.5. The van der Waals surface area contributed by atoms with E-state index in [1.165, 1.54) is 43.4 Å². The number of benzene rings is 1. The molecule has 21 heavy (non-hydrogen) atoms. The Morgan fingerprint density at radius 1 is 1.05 bits per heavy atom. The van der Waals surface area contributed by atoms with Crippen molar-refractivity contribution in [2.24, 2.45) is 5.41 Å². The third-order valence-electron chi connectivity index (χ3n) is 4.98. The molecule has 2 aromatic rings. The fourth-order valence-corrected chi connectivity index (χ4v) is 4.10. The predicted molar refractivity (Wildman–Crippen MR) is 87.3 cm³/mol. The van der Waals surface area contributed by atoms with Crippen molar-refractivity contribution in [1.82, 2.24) is 4.98 Å². The maximum absolute atomic E-state index is 6.04. The summed E-state index contributed by atoms with van der Waals surface area (Å²) in [7, 11) is 0. The lowest BCUT2D eigenvalue weighted by Crippen LogP contribution is -2.40. The van der Waals surface area contributed by atoms with Gasteiger partial charge in [-0.25, -0.2) is 4.98 Å². The highest BCUT2D eigenvalue weighted by Crippen LogP contribution is 2.48. The van der Waals surface area contributed by atoms with E-state index >= 15 is 0 Å². The van der Waals surface area contributed by atoms with Gasteiger partial charge in [-0.05, 0) is 60.6 Å². The van der Waals surface area contributed by atoms with Crippen LogP contribution in [0.1, 0.15) is 31.2 Å². The molecule has 0 amide bonds. The summed E-state index contributed by atoms with van der Waals surface area (Å²) in [6.45, 7) is 1.08. The number of anilines is 2. The largest absolute Gasteiger partial charge is 0.326 e. The number of rotatable bonds is 1. The highest BCUT2D eigenvalue weighted by Gasteiger charge is 2.40. The Morgan fingerprint density at radius 3 is 2.57 bits per heavy atom. The van der Waals surface area contributed by atoms with Gasteiger partial charge in [-0.1, -0.05) is 30.5 Å². The van der Waals surface area contributed by atoms with Crippen LogP contribution in [0.5, 0.6) is 0 Å². The van der Waals surface area contributed by atoms with E-state index in [9.17, 15) is 0 Å². The molecule has 1 aliphatic carbocycles. The van der Waals surface area contributed by atoms with Crippen LogP contribution in [0, 0.1) is 5.41 Å². The number of fused-ring (bicyclic) bond motifs is 1. The van der Waals surface area contributed by atoms with Gasteiger partial charge in [0.05, 0.1) is 0 Å². The fraction of sp³-hybridized carbons (Fsp3) is 0.389. The van der Waals surface area contributed by atoms with E-state index in [4.69, 9.17) is 11.6 Å². The molecule has 1 aromatic carbocycles. The Hall–Kier alpha value is -1.54. The molecule has 0 bridgehead atoms. The maximum atomic E-state index is 6.04. The normalized spacial score (nSPS) is 19.8. The van der Waals surface area contributed by atoms with Crippen LogP contribution in [0.2, 0.25) is 5.02 Å².